The summed E-state index contributed by atoms with van der Waals surface area (Å²) in [5, 5.41) is 6.75. The molecule has 0 aliphatic heterocycles. The van der Waals surface area contributed by atoms with Gasteiger partial charge < -0.3 is 15.4 Å². The Bertz CT molecular complexity index is 907. The minimum absolute atomic E-state index is 0.170. The van der Waals surface area contributed by atoms with Gasteiger partial charge in [0, 0.05) is 24.7 Å². The quantitative estimate of drug-likeness (QED) is 0.680. The molecule has 2 N–H and O–H groups in total. The van der Waals surface area contributed by atoms with Crippen molar-refractivity contribution in [1.82, 2.24) is 4.37 Å². The van der Waals surface area contributed by atoms with E-state index in [1.54, 1.807) is 14.2 Å². The summed E-state index contributed by atoms with van der Waals surface area (Å²) in [7, 11) is 3.44. The molecule has 3 rings (SSSR count). The van der Waals surface area contributed by atoms with Crippen molar-refractivity contribution < 1.29 is 9.53 Å². The predicted molar refractivity (Wildman–Crippen MR) is 107 cm³/mol. The van der Waals surface area contributed by atoms with Gasteiger partial charge in [-0.25, -0.2) is 0 Å². The van der Waals surface area contributed by atoms with Gasteiger partial charge in [-0.05, 0) is 42.2 Å². The summed E-state index contributed by atoms with van der Waals surface area (Å²) >= 11 is 1.28. The van der Waals surface area contributed by atoms with Gasteiger partial charge >= 0.3 is 0 Å². The number of carbonyl (C=O) groups is 1. The van der Waals surface area contributed by atoms with Crippen LogP contribution in [0, 0.1) is 6.92 Å². The summed E-state index contributed by atoms with van der Waals surface area (Å²) in [6.07, 6.45) is 0.731. The normalized spacial score (nSPS) is 10.4. The highest BCUT2D eigenvalue weighted by Gasteiger charge is 2.18. The molecule has 0 fully saturated rings. The molecule has 3 aromatic rings. The first-order chi connectivity index (χ1) is 12.6. The number of aromatic nitrogens is 1. The van der Waals surface area contributed by atoms with Gasteiger partial charge in [0.15, 0.2) is 0 Å². The van der Waals surface area contributed by atoms with Gasteiger partial charge in [-0.15, -0.1) is 0 Å². The van der Waals surface area contributed by atoms with Gasteiger partial charge in [0.1, 0.15) is 10.8 Å². The topological polar surface area (TPSA) is 63.2 Å². The van der Waals surface area contributed by atoms with Crippen LogP contribution in [-0.4, -0.2) is 24.4 Å². The van der Waals surface area contributed by atoms with Crippen molar-refractivity contribution in [3.8, 4) is 5.75 Å². The van der Waals surface area contributed by atoms with E-state index in [0.717, 1.165) is 34.1 Å². The van der Waals surface area contributed by atoms with Crippen molar-refractivity contribution in [2.24, 2.45) is 0 Å². The summed E-state index contributed by atoms with van der Waals surface area (Å²) in [4.78, 5) is 12.7. The van der Waals surface area contributed by atoms with Gasteiger partial charge in [0.05, 0.1) is 18.4 Å². The first-order valence-corrected chi connectivity index (χ1v) is 9.06. The van der Waals surface area contributed by atoms with E-state index in [-0.39, 0.29) is 5.91 Å². The summed E-state index contributed by atoms with van der Waals surface area (Å²) in [6, 6.07) is 15.9. The van der Waals surface area contributed by atoms with E-state index in [1.165, 1.54) is 17.1 Å². The molecule has 0 unspecified atom stereocenters. The van der Waals surface area contributed by atoms with Crippen LogP contribution in [0.15, 0.2) is 48.5 Å². The maximum Gasteiger partial charge on any atom is 0.260 e. The average molecular weight is 367 g/mol. The van der Waals surface area contributed by atoms with Crippen LogP contribution in [0.5, 0.6) is 5.75 Å². The molecule has 0 saturated heterocycles. The number of nitrogens with zero attached hydrogens (tertiary/aromatic N) is 1. The van der Waals surface area contributed by atoms with Crippen molar-refractivity contribution in [3.63, 3.8) is 0 Å². The van der Waals surface area contributed by atoms with Crippen LogP contribution in [0.25, 0.3) is 0 Å². The molecule has 134 valence electrons. The number of amides is 1. The second-order valence-corrected chi connectivity index (χ2v) is 6.64. The molecule has 0 radical (unpaired) electrons. The van der Waals surface area contributed by atoms with Crippen molar-refractivity contribution in [2.75, 3.05) is 24.8 Å². The number of anilines is 2. The zero-order chi connectivity index (χ0) is 18.5. The smallest absolute Gasteiger partial charge is 0.260 e. The molecular formula is C20H21N3O2S. The number of rotatable bonds is 6. The van der Waals surface area contributed by atoms with Crippen LogP contribution in [0.3, 0.4) is 0 Å². The Morgan fingerprint density at radius 3 is 2.65 bits per heavy atom. The number of aryl methyl sites for hydroxylation is 1. The standard InChI is InChI=1S/C20H21N3O2S/c1-13-18(20(21-2)26-23-13)19(24)22-16-9-10-17(25-3)15(12-16)11-14-7-5-4-6-8-14/h4-10,12,21H,11H2,1-3H3,(H,22,24). The van der Waals surface area contributed by atoms with E-state index in [4.69, 9.17) is 4.74 Å². The number of hydrogen-bond donors (Lipinski definition) is 2. The highest BCUT2D eigenvalue weighted by molar-refractivity contribution is 7.10. The summed E-state index contributed by atoms with van der Waals surface area (Å²) < 4.78 is 9.72. The Morgan fingerprint density at radius 1 is 1.19 bits per heavy atom. The molecule has 0 aliphatic carbocycles. The van der Waals surface area contributed by atoms with E-state index in [2.05, 4.69) is 27.1 Å². The first kappa shape index (κ1) is 17.9. The first-order valence-electron chi connectivity index (χ1n) is 8.28. The molecule has 26 heavy (non-hydrogen) atoms. The third-order valence-corrected chi connectivity index (χ3v) is 5.05. The predicted octanol–water partition coefficient (Wildman–Crippen LogP) is 4.34. The van der Waals surface area contributed by atoms with E-state index < -0.39 is 0 Å². The summed E-state index contributed by atoms with van der Waals surface area (Å²) in [5.74, 6) is 0.632. The molecule has 5 nitrogen and oxygen atoms in total. The van der Waals surface area contributed by atoms with E-state index >= 15 is 0 Å². The Kier molecular flexibility index (Phi) is 5.53. The fourth-order valence-electron chi connectivity index (χ4n) is 2.81. The summed E-state index contributed by atoms with van der Waals surface area (Å²) in [5.41, 5.74) is 4.23. The van der Waals surface area contributed by atoms with E-state index in [1.807, 2.05) is 43.3 Å². The van der Waals surface area contributed by atoms with Crippen molar-refractivity contribution in [2.45, 2.75) is 13.3 Å². The van der Waals surface area contributed by atoms with Crippen molar-refractivity contribution in [3.05, 3.63) is 70.9 Å². The lowest BCUT2D eigenvalue weighted by molar-refractivity contribution is 0.102. The monoisotopic (exact) mass is 367 g/mol. The van der Waals surface area contributed by atoms with Crippen LogP contribution < -0.4 is 15.4 Å². The largest absolute Gasteiger partial charge is 0.496 e. The highest BCUT2D eigenvalue weighted by atomic mass is 32.1. The number of benzene rings is 2. The Hall–Kier alpha value is -2.86. The molecule has 1 heterocycles. The minimum Gasteiger partial charge on any atom is -0.496 e. The summed E-state index contributed by atoms with van der Waals surface area (Å²) in [6.45, 7) is 1.83. The van der Waals surface area contributed by atoms with Gasteiger partial charge in [0.25, 0.3) is 5.91 Å². The average Bonchev–Trinajstić information content (AvgIpc) is 3.03. The van der Waals surface area contributed by atoms with Crippen molar-refractivity contribution >= 4 is 28.1 Å². The number of carbonyl (C=O) groups excluding carboxylic acids is 1. The Balaban J connectivity index is 1.85. The third kappa shape index (κ3) is 3.86. The van der Waals surface area contributed by atoms with Crippen LogP contribution >= 0.6 is 11.5 Å². The van der Waals surface area contributed by atoms with E-state index in [9.17, 15) is 4.79 Å². The number of methoxy groups -OCH3 is 1. The molecule has 6 heteroatoms. The fraction of sp³-hybridized carbons (Fsp3) is 0.200. The number of nitrogens with one attached hydrogen (secondary N) is 2. The zero-order valence-corrected chi connectivity index (χ0v) is 15.8. The molecule has 0 atom stereocenters. The van der Waals surface area contributed by atoms with Gasteiger partial charge in [-0.2, -0.15) is 4.37 Å². The lowest BCUT2D eigenvalue weighted by atomic mass is 10.0. The van der Waals surface area contributed by atoms with Gasteiger partial charge in [-0.1, -0.05) is 30.3 Å². The Labute approximate surface area is 157 Å². The third-order valence-electron chi connectivity index (χ3n) is 4.09. The molecule has 1 aromatic heterocycles. The highest BCUT2D eigenvalue weighted by Crippen LogP contribution is 2.28. The van der Waals surface area contributed by atoms with Crippen LogP contribution in [0.4, 0.5) is 10.7 Å². The number of ether oxygens (including phenoxy) is 1. The second kappa shape index (κ2) is 8.01. The Morgan fingerprint density at radius 2 is 1.96 bits per heavy atom. The van der Waals surface area contributed by atoms with Crippen LogP contribution in [0.2, 0.25) is 0 Å². The molecule has 0 bridgehead atoms. The van der Waals surface area contributed by atoms with Gasteiger partial charge in [-0.3, -0.25) is 4.79 Å². The molecule has 0 saturated carbocycles. The zero-order valence-electron chi connectivity index (χ0n) is 15.0. The molecular weight excluding hydrogens is 346 g/mol. The molecule has 0 aliphatic rings. The SMILES string of the molecule is CNc1snc(C)c1C(=O)Nc1ccc(OC)c(Cc2ccccc2)c1. The van der Waals surface area contributed by atoms with Crippen LogP contribution in [0.1, 0.15) is 27.2 Å². The lowest BCUT2D eigenvalue weighted by Crippen LogP contribution is -2.14. The van der Waals surface area contributed by atoms with Gasteiger partial charge in [0.2, 0.25) is 0 Å². The van der Waals surface area contributed by atoms with Crippen molar-refractivity contribution in [1.29, 1.82) is 0 Å². The maximum absolute atomic E-state index is 12.7. The molecule has 0 spiro atoms. The fourth-order valence-corrected chi connectivity index (χ4v) is 3.55. The molecule has 1 amide bonds. The lowest BCUT2D eigenvalue weighted by Gasteiger charge is -2.12. The molecule has 2 aromatic carbocycles. The minimum atomic E-state index is -0.170. The van der Waals surface area contributed by atoms with Crippen LogP contribution in [-0.2, 0) is 6.42 Å². The van der Waals surface area contributed by atoms with E-state index in [0.29, 0.717) is 5.56 Å². The number of hydrogen-bond acceptors (Lipinski definition) is 5. The second-order valence-electron chi connectivity index (χ2n) is 5.87. The maximum atomic E-state index is 12.7.